The molecule has 0 radical (unpaired) electrons. The topological polar surface area (TPSA) is 67.9 Å². The van der Waals surface area contributed by atoms with Crippen LogP contribution in [-0.4, -0.2) is 30.8 Å². The second kappa shape index (κ2) is 7.05. The molecule has 0 aromatic heterocycles. The van der Waals surface area contributed by atoms with Gasteiger partial charge in [0.15, 0.2) is 11.5 Å². The van der Waals surface area contributed by atoms with Crippen LogP contribution < -0.4 is 19.7 Å². The Bertz CT molecular complexity index is 944. The molecule has 0 bridgehead atoms. The highest BCUT2D eigenvalue weighted by atomic mass is 32.2. The van der Waals surface area contributed by atoms with Gasteiger partial charge in [-0.3, -0.25) is 14.5 Å². The number of thioether (sulfide) groups is 1. The summed E-state index contributed by atoms with van der Waals surface area (Å²) in [5, 5.41) is 2.84. The molecule has 1 unspecified atom stereocenters. The van der Waals surface area contributed by atoms with Gasteiger partial charge in [0.1, 0.15) is 18.6 Å². The molecule has 1 saturated carbocycles. The molecule has 1 atom stereocenters. The van der Waals surface area contributed by atoms with E-state index in [1.165, 1.54) is 0 Å². The molecule has 144 valence electrons. The van der Waals surface area contributed by atoms with Crippen molar-refractivity contribution < 1.29 is 19.1 Å². The van der Waals surface area contributed by atoms with Gasteiger partial charge in [-0.2, -0.15) is 0 Å². The molecule has 1 aliphatic carbocycles. The van der Waals surface area contributed by atoms with Gasteiger partial charge in [-0.05, 0) is 42.7 Å². The number of anilines is 2. The van der Waals surface area contributed by atoms with Gasteiger partial charge in [0.25, 0.3) is 0 Å². The summed E-state index contributed by atoms with van der Waals surface area (Å²) in [5.74, 6) is 2.07. The number of fused-ring (bicyclic) bond motifs is 1. The van der Waals surface area contributed by atoms with E-state index in [-0.39, 0.29) is 23.1 Å². The molecule has 1 N–H and O–H groups in total. The molecule has 2 heterocycles. The highest BCUT2D eigenvalue weighted by Crippen LogP contribution is 2.44. The SMILES string of the molecule is O=C(Nc1cccc(C2SCC(=O)N2c2ccc3c(c2)OCCO3)c1)C1CC1. The fourth-order valence-electron chi connectivity index (χ4n) is 3.49. The van der Waals surface area contributed by atoms with Crippen molar-refractivity contribution in [3.8, 4) is 11.5 Å². The maximum Gasteiger partial charge on any atom is 0.238 e. The maximum atomic E-state index is 12.7. The minimum atomic E-state index is -0.146. The zero-order chi connectivity index (χ0) is 19.1. The first-order valence-corrected chi connectivity index (χ1v) is 10.5. The Balaban J connectivity index is 1.43. The average Bonchev–Trinajstić information content (AvgIpc) is 3.50. The predicted octanol–water partition coefficient (Wildman–Crippen LogP) is 3.58. The number of ether oxygens (including phenoxy) is 2. The van der Waals surface area contributed by atoms with Gasteiger partial charge in [0.2, 0.25) is 11.8 Å². The van der Waals surface area contributed by atoms with Crippen molar-refractivity contribution in [1.82, 2.24) is 0 Å². The lowest BCUT2D eigenvalue weighted by Gasteiger charge is -2.26. The molecule has 2 aromatic carbocycles. The lowest BCUT2D eigenvalue weighted by atomic mass is 10.1. The molecule has 6 nitrogen and oxygen atoms in total. The quantitative estimate of drug-likeness (QED) is 0.856. The summed E-state index contributed by atoms with van der Waals surface area (Å²) in [6.45, 7) is 1.04. The highest BCUT2D eigenvalue weighted by molar-refractivity contribution is 8.00. The van der Waals surface area contributed by atoms with Crippen molar-refractivity contribution in [2.24, 2.45) is 5.92 Å². The van der Waals surface area contributed by atoms with Crippen LogP contribution in [0.25, 0.3) is 0 Å². The number of hydrogen-bond acceptors (Lipinski definition) is 5. The van der Waals surface area contributed by atoms with Gasteiger partial charge in [0, 0.05) is 23.4 Å². The number of nitrogens with zero attached hydrogens (tertiary/aromatic N) is 1. The molecule has 2 aliphatic heterocycles. The normalized spacial score (nSPS) is 20.9. The molecular weight excluding hydrogens is 376 g/mol. The van der Waals surface area contributed by atoms with Gasteiger partial charge < -0.3 is 14.8 Å². The molecule has 28 heavy (non-hydrogen) atoms. The second-order valence-electron chi connectivity index (χ2n) is 7.14. The fourth-order valence-corrected chi connectivity index (χ4v) is 4.66. The Hall–Kier alpha value is -2.67. The van der Waals surface area contributed by atoms with Crippen molar-refractivity contribution >= 4 is 35.0 Å². The minimum Gasteiger partial charge on any atom is -0.486 e. The van der Waals surface area contributed by atoms with Crippen molar-refractivity contribution in [2.45, 2.75) is 18.2 Å². The third-order valence-corrected chi connectivity index (χ3v) is 6.27. The summed E-state index contributed by atoms with van der Waals surface area (Å²) in [7, 11) is 0. The number of amides is 2. The number of hydrogen-bond donors (Lipinski definition) is 1. The number of carbonyl (C=O) groups is 2. The molecule has 7 heteroatoms. The number of nitrogens with one attached hydrogen (secondary N) is 1. The monoisotopic (exact) mass is 396 g/mol. The molecular formula is C21H20N2O4S. The zero-order valence-electron chi connectivity index (χ0n) is 15.2. The number of benzene rings is 2. The lowest BCUT2D eigenvalue weighted by molar-refractivity contribution is -0.117. The molecule has 3 aliphatic rings. The van der Waals surface area contributed by atoms with Crippen molar-refractivity contribution in [3.05, 3.63) is 48.0 Å². The Morgan fingerprint density at radius 1 is 1.07 bits per heavy atom. The average molecular weight is 396 g/mol. The fraction of sp³-hybridized carbons (Fsp3) is 0.333. The van der Waals surface area contributed by atoms with Crippen LogP contribution in [0.2, 0.25) is 0 Å². The molecule has 2 amide bonds. The Morgan fingerprint density at radius 2 is 1.89 bits per heavy atom. The van der Waals surface area contributed by atoms with E-state index in [9.17, 15) is 9.59 Å². The van der Waals surface area contributed by atoms with Crippen molar-refractivity contribution in [2.75, 3.05) is 29.2 Å². The third kappa shape index (κ3) is 3.30. The largest absolute Gasteiger partial charge is 0.486 e. The molecule has 2 aromatic rings. The van der Waals surface area contributed by atoms with Crippen LogP contribution in [0.1, 0.15) is 23.8 Å². The van der Waals surface area contributed by atoms with Crippen LogP contribution in [0.5, 0.6) is 11.5 Å². The van der Waals surface area contributed by atoms with Gasteiger partial charge in [-0.15, -0.1) is 11.8 Å². The van der Waals surface area contributed by atoms with Crippen molar-refractivity contribution in [3.63, 3.8) is 0 Å². The van der Waals surface area contributed by atoms with E-state index in [0.29, 0.717) is 30.5 Å². The molecule has 2 fully saturated rings. The first-order valence-electron chi connectivity index (χ1n) is 9.43. The van der Waals surface area contributed by atoms with Crippen LogP contribution in [0, 0.1) is 5.92 Å². The Morgan fingerprint density at radius 3 is 2.71 bits per heavy atom. The first kappa shape index (κ1) is 17.4. The Labute approximate surface area is 167 Å². The second-order valence-corrected chi connectivity index (χ2v) is 8.21. The first-order chi connectivity index (χ1) is 13.7. The third-order valence-electron chi connectivity index (χ3n) is 5.06. The van der Waals surface area contributed by atoms with Gasteiger partial charge in [0.05, 0.1) is 5.75 Å². The lowest BCUT2D eigenvalue weighted by Crippen LogP contribution is -2.28. The summed E-state index contributed by atoms with van der Waals surface area (Å²) in [6, 6.07) is 13.4. The van der Waals surface area contributed by atoms with Gasteiger partial charge in [-0.25, -0.2) is 0 Å². The van der Waals surface area contributed by atoms with Crippen molar-refractivity contribution in [1.29, 1.82) is 0 Å². The molecule has 5 rings (SSSR count). The summed E-state index contributed by atoms with van der Waals surface area (Å²) in [4.78, 5) is 26.5. The number of carbonyl (C=O) groups excluding carboxylic acids is 2. The number of rotatable bonds is 4. The predicted molar refractivity (Wildman–Crippen MR) is 108 cm³/mol. The summed E-state index contributed by atoms with van der Waals surface area (Å²) < 4.78 is 11.3. The van der Waals surface area contributed by atoms with Crippen LogP contribution in [0.4, 0.5) is 11.4 Å². The van der Waals surface area contributed by atoms with Crippen LogP contribution in [0.15, 0.2) is 42.5 Å². The smallest absolute Gasteiger partial charge is 0.238 e. The minimum absolute atomic E-state index is 0.0547. The van der Waals surface area contributed by atoms with Gasteiger partial charge >= 0.3 is 0 Å². The van der Waals surface area contributed by atoms with E-state index in [4.69, 9.17) is 9.47 Å². The molecule has 1 saturated heterocycles. The van der Waals surface area contributed by atoms with E-state index >= 15 is 0 Å². The molecule has 0 spiro atoms. The van der Waals surface area contributed by atoms with E-state index in [0.717, 1.165) is 29.8 Å². The zero-order valence-corrected chi connectivity index (χ0v) is 16.0. The Kier molecular flexibility index (Phi) is 4.39. The van der Waals surface area contributed by atoms with Crippen LogP contribution in [0.3, 0.4) is 0 Å². The standard InChI is InChI=1S/C21H20N2O4S/c24-19-12-28-21(14-2-1-3-15(10-14)22-20(25)13-4-5-13)23(19)16-6-7-17-18(11-16)27-9-8-26-17/h1-3,6-7,10-11,13,21H,4-5,8-9,12H2,(H,22,25). The maximum absolute atomic E-state index is 12.7. The van der Waals surface area contributed by atoms with E-state index < -0.39 is 0 Å². The summed E-state index contributed by atoms with van der Waals surface area (Å²) >= 11 is 1.58. The summed E-state index contributed by atoms with van der Waals surface area (Å²) in [5.41, 5.74) is 2.55. The van der Waals surface area contributed by atoms with E-state index in [1.807, 2.05) is 42.5 Å². The highest BCUT2D eigenvalue weighted by Gasteiger charge is 2.35. The van der Waals surface area contributed by atoms with E-state index in [1.54, 1.807) is 16.7 Å². The van der Waals surface area contributed by atoms with Crippen LogP contribution >= 0.6 is 11.8 Å². The van der Waals surface area contributed by atoms with Gasteiger partial charge in [-0.1, -0.05) is 12.1 Å². The van der Waals surface area contributed by atoms with E-state index in [2.05, 4.69) is 5.32 Å². The summed E-state index contributed by atoms with van der Waals surface area (Å²) in [6.07, 6.45) is 1.94. The van der Waals surface area contributed by atoms with Crippen LogP contribution in [-0.2, 0) is 9.59 Å².